The van der Waals surface area contributed by atoms with Crippen LogP contribution in [0.3, 0.4) is 0 Å². The fourth-order valence-corrected chi connectivity index (χ4v) is 0.433. The SMILES string of the molecule is CC/C=C/C=C(/O)CC. The van der Waals surface area contributed by atoms with Gasteiger partial charge in [0.25, 0.3) is 0 Å². The Labute approximate surface area is 56.7 Å². The zero-order chi connectivity index (χ0) is 7.11. The quantitative estimate of drug-likeness (QED) is 0.455. The molecule has 0 amide bonds. The summed E-state index contributed by atoms with van der Waals surface area (Å²) in [4.78, 5) is 0. The van der Waals surface area contributed by atoms with Gasteiger partial charge in [0.1, 0.15) is 0 Å². The summed E-state index contributed by atoms with van der Waals surface area (Å²) in [5, 5.41) is 8.89. The molecule has 0 atom stereocenters. The monoisotopic (exact) mass is 126 g/mol. The van der Waals surface area contributed by atoms with E-state index < -0.39 is 0 Å². The second-order valence-electron chi connectivity index (χ2n) is 1.85. The Morgan fingerprint density at radius 1 is 1.44 bits per heavy atom. The molecule has 9 heavy (non-hydrogen) atoms. The van der Waals surface area contributed by atoms with Crippen LogP contribution in [0.5, 0.6) is 0 Å². The lowest BCUT2D eigenvalue weighted by molar-refractivity contribution is 0.395. The Morgan fingerprint density at radius 3 is 2.56 bits per heavy atom. The second kappa shape index (κ2) is 5.42. The molecular formula is C8H14O. The summed E-state index contributed by atoms with van der Waals surface area (Å²) in [6, 6.07) is 0. The van der Waals surface area contributed by atoms with Gasteiger partial charge in [0, 0.05) is 6.42 Å². The highest BCUT2D eigenvalue weighted by Gasteiger charge is 1.79. The lowest BCUT2D eigenvalue weighted by atomic mass is 10.3. The van der Waals surface area contributed by atoms with Crippen molar-refractivity contribution in [2.24, 2.45) is 0 Å². The van der Waals surface area contributed by atoms with Gasteiger partial charge in [-0.05, 0) is 12.5 Å². The first kappa shape index (κ1) is 8.28. The van der Waals surface area contributed by atoms with Crippen LogP contribution in [0, 0.1) is 0 Å². The van der Waals surface area contributed by atoms with Crippen molar-refractivity contribution in [3.8, 4) is 0 Å². The minimum atomic E-state index is 0.444. The van der Waals surface area contributed by atoms with Crippen molar-refractivity contribution in [2.75, 3.05) is 0 Å². The van der Waals surface area contributed by atoms with Crippen molar-refractivity contribution in [1.82, 2.24) is 0 Å². The fourth-order valence-electron chi connectivity index (χ4n) is 0.433. The molecule has 0 rings (SSSR count). The Bertz CT molecular complexity index is 112. The van der Waals surface area contributed by atoms with Crippen molar-refractivity contribution >= 4 is 0 Å². The van der Waals surface area contributed by atoms with Crippen molar-refractivity contribution < 1.29 is 5.11 Å². The molecule has 0 aromatic carbocycles. The molecule has 0 saturated carbocycles. The van der Waals surface area contributed by atoms with Crippen LogP contribution in [0.25, 0.3) is 0 Å². The normalized spacial score (nSPS) is 12.9. The average molecular weight is 126 g/mol. The molecule has 1 nitrogen and oxygen atoms in total. The van der Waals surface area contributed by atoms with E-state index in [0.717, 1.165) is 6.42 Å². The van der Waals surface area contributed by atoms with E-state index in [0.29, 0.717) is 12.2 Å². The van der Waals surface area contributed by atoms with Gasteiger partial charge in [0.05, 0.1) is 5.76 Å². The first-order chi connectivity index (χ1) is 4.31. The molecule has 0 aliphatic carbocycles. The van der Waals surface area contributed by atoms with Crippen LogP contribution < -0.4 is 0 Å². The highest BCUT2D eigenvalue weighted by atomic mass is 16.3. The molecule has 0 unspecified atom stereocenters. The molecule has 0 aromatic rings. The Hall–Kier alpha value is -0.720. The van der Waals surface area contributed by atoms with Crippen LogP contribution in [0.4, 0.5) is 0 Å². The number of hydrogen-bond donors (Lipinski definition) is 1. The second-order valence-corrected chi connectivity index (χ2v) is 1.85. The zero-order valence-electron chi connectivity index (χ0n) is 6.09. The maximum atomic E-state index is 8.89. The van der Waals surface area contributed by atoms with E-state index in [9.17, 15) is 0 Å². The van der Waals surface area contributed by atoms with Crippen LogP contribution in [0.2, 0.25) is 0 Å². The zero-order valence-corrected chi connectivity index (χ0v) is 6.09. The molecule has 0 bridgehead atoms. The first-order valence-corrected chi connectivity index (χ1v) is 3.35. The summed E-state index contributed by atoms with van der Waals surface area (Å²) in [6.07, 6.45) is 7.34. The third kappa shape index (κ3) is 5.15. The van der Waals surface area contributed by atoms with Crippen LogP contribution >= 0.6 is 0 Å². The predicted octanol–water partition coefficient (Wildman–Crippen LogP) is 2.80. The van der Waals surface area contributed by atoms with E-state index in [4.69, 9.17) is 5.11 Å². The number of allylic oxidation sites excluding steroid dienone is 4. The standard InChI is InChI=1S/C8H14O/c1-3-5-6-7-8(9)4-2/h5-7,9H,3-4H2,1-2H3/b6-5+,8-7+. The highest BCUT2D eigenvalue weighted by Crippen LogP contribution is 1.94. The maximum Gasteiger partial charge on any atom is 0.0919 e. The molecule has 0 saturated heterocycles. The molecule has 0 heterocycles. The van der Waals surface area contributed by atoms with E-state index >= 15 is 0 Å². The number of rotatable bonds is 3. The molecule has 1 N–H and O–H groups in total. The van der Waals surface area contributed by atoms with Gasteiger partial charge in [-0.25, -0.2) is 0 Å². The average Bonchev–Trinajstić information content (AvgIpc) is 1.89. The summed E-state index contributed by atoms with van der Waals surface area (Å²) >= 11 is 0. The number of aliphatic hydroxyl groups excluding tert-OH is 1. The van der Waals surface area contributed by atoms with E-state index in [1.165, 1.54) is 0 Å². The lowest BCUT2D eigenvalue weighted by Crippen LogP contribution is -1.72. The topological polar surface area (TPSA) is 20.2 Å². The van der Waals surface area contributed by atoms with Crippen LogP contribution in [0.15, 0.2) is 24.0 Å². The maximum absolute atomic E-state index is 8.89. The molecule has 0 radical (unpaired) electrons. The fraction of sp³-hybridized carbons (Fsp3) is 0.500. The summed E-state index contributed by atoms with van der Waals surface area (Å²) in [7, 11) is 0. The van der Waals surface area contributed by atoms with Crippen LogP contribution in [0.1, 0.15) is 26.7 Å². The van der Waals surface area contributed by atoms with E-state index in [1.807, 2.05) is 19.1 Å². The number of aliphatic hydroxyl groups is 1. The Kier molecular flexibility index (Phi) is 4.98. The molecule has 0 fully saturated rings. The Morgan fingerprint density at radius 2 is 2.11 bits per heavy atom. The van der Waals surface area contributed by atoms with E-state index in [1.54, 1.807) is 6.08 Å². The third-order valence-corrected chi connectivity index (χ3v) is 1.02. The summed E-state index contributed by atoms with van der Waals surface area (Å²) in [5.41, 5.74) is 0. The first-order valence-electron chi connectivity index (χ1n) is 3.35. The van der Waals surface area contributed by atoms with Crippen molar-refractivity contribution in [2.45, 2.75) is 26.7 Å². The van der Waals surface area contributed by atoms with Gasteiger partial charge in [0.2, 0.25) is 0 Å². The van der Waals surface area contributed by atoms with Gasteiger partial charge in [-0.15, -0.1) is 0 Å². The predicted molar refractivity (Wildman–Crippen MR) is 40.4 cm³/mol. The minimum Gasteiger partial charge on any atom is -0.512 e. The van der Waals surface area contributed by atoms with Crippen LogP contribution in [-0.4, -0.2) is 5.11 Å². The van der Waals surface area contributed by atoms with Gasteiger partial charge in [-0.1, -0.05) is 26.0 Å². The van der Waals surface area contributed by atoms with Crippen LogP contribution in [-0.2, 0) is 0 Å². The van der Waals surface area contributed by atoms with Gasteiger partial charge in [0.15, 0.2) is 0 Å². The molecule has 0 spiro atoms. The summed E-state index contributed by atoms with van der Waals surface area (Å²) in [5.74, 6) is 0.444. The summed E-state index contributed by atoms with van der Waals surface area (Å²) < 4.78 is 0. The van der Waals surface area contributed by atoms with Crippen molar-refractivity contribution in [1.29, 1.82) is 0 Å². The summed E-state index contributed by atoms with van der Waals surface area (Å²) in [6.45, 7) is 3.99. The largest absolute Gasteiger partial charge is 0.512 e. The van der Waals surface area contributed by atoms with Gasteiger partial charge >= 0.3 is 0 Å². The third-order valence-electron chi connectivity index (χ3n) is 1.02. The number of hydrogen-bond acceptors (Lipinski definition) is 1. The minimum absolute atomic E-state index is 0.444. The smallest absolute Gasteiger partial charge is 0.0919 e. The van der Waals surface area contributed by atoms with E-state index in [2.05, 4.69) is 6.92 Å². The van der Waals surface area contributed by atoms with Crippen molar-refractivity contribution in [3.05, 3.63) is 24.0 Å². The molecule has 52 valence electrons. The molecule has 0 aliphatic rings. The molecular weight excluding hydrogens is 112 g/mol. The van der Waals surface area contributed by atoms with Gasteiger partial charge in [-0.2, -0.15) is 0 Å². The lowest BCUT2D eigenvalue weighted by Gasteiger charge is -1.87. The van der Waals surface area contributed by atoms with Crippen molar-refractivity contribution in [3.63, 3.8) is 0 Å². The van der Waals surface area contributed by atoms with E-state index in [-0.39, 0.29) is 0 Å². The molecule has 0 aromatic heterocycles. The van der Waals surface area contributed by atoms with Gasteiger partial charge < -0.3 is 5.11 Å². The Balaban J connectivity index is 3.55. The molecule has 1 heteroatoms. The molecule has 0 aliphatic heterocycles. The highest BCUT2D eigenvalue weighted by molar-refractivity contribution is 5.05. The van der Waals surface area contributed by atoms with Gasteiger partial charge in [-0.3, -0.25) is 0 Å².